The van der Waals surface area contributed by atoms with Gasteiger partial charge in [0, 0.05) is 5.54 Å². The number of aromatic nitrogens is 1. The van der Waals surface area contributed by atoms with Crippen LogP contribution in [0.5, 0.6) is 0 Å². The first kappa shape index (κ1) is 11.3. The molecule has 1 saturated carbocycles. The van der Waals surface area contributed by atoms with Crippen LogP contribution in [0.15, 0.2) is 18.3 Å². The molecule has 16 heavy (non-hydrogen) atoms. The number of nitrogens with two attached hydrogens (primary N) is 1. The molecule has 0 aromatic carbocycles. The molecule has 0 spiro atoms. The van der Waals surface area contributed by atoms with Crippen molar-refractivity contribution in [2.45, 2.75) is 38.1 Å². The van der Waals surface area contributed by atoms with E-state index in [1.54, 1.807) is 6.20 Å². The maximum atomic E-state index is 5.50. The third-order valence-corrected chi connectivity index (χ3v) is 3.38. The molecular formula is C12H17N3S. The van der Waals surface area contributed by atoms with Gasteiger partial charge < -0.3 is 11.1 Å². The van der Waals surface area contributed by atoms with E-state index in [2.05, 4.69) is 17.2 Å². The monoisotopic (exact) mass is 235 g/mol. The Labute approximate surface area is 101 Å². The van der Waals surface area contributed by atoms with Gasteiger partial charge in [0.15, 0.2) is 0 Å². The molecule has 0 saturated heterocycles. The van der Waals surface area contributed by atoms with Gasteiger partial charge in [0.2, 0.25) is 0 Å². The second-order valence-electron chi connectivity index (χ2n) is 4.69. The van der Waals surface area contributed by atoms with Crippen LogP contribution in [0.1, 0.15) is 38.3 Å². The van der Waals surface area contributed by atoms with Gasteiger partial charge in [0.25, 0.3) is 0 Å². The van der Waals surface area contributed by atoms with Crippen molar-refractivity contribution in [1.82, 2.24) is 4.98 Å². The Balaban J connectivity index is 2.07. The van der Waals surface area contributed by atoms with Gasteiger partial charge in [0.05, 0.1) is 17.6 Å². The third kappa shape index (κ3) is 2.50. The van der Waals surface area contributed by atoms with Crippen LogP contribution in [0.25, 0.3) is 0 Å². The van der Waals surface area contributed by atoms with Gasteiger partial charge in [-0.1, -0.05) is 25.1 Å². The predicted octanol–water partition coefficient (Wildman–Crippen LogP) is 2.46. The molecular weight excluding hydrogens is 218 g/mol. The molecule has 1 heterocycles. The Hall–Kier alpha value is -1.16. The summed E-state index contributed by atoms with van der Waals surface area (Å²) in [7, 11) is 0. The average Bonchev–Trinajstić information content (AvgIpc) is 2.65. The molecule has 0 bridgehead atoms. The number of anilines is 1. The molecule has 1 aromatic rings. The van der Waals surface area contributed by atoms with Crippen molar-refractivity contribution in [3.8, 4) is 0 Å². The summed E-state index contributed by atoms with van der Waals surface area (Å²) in [6, 6.07) is 3.86. The van der Waals surface area contributed by atoms with Crippen molar-refractivity contribution in [2.75, 3.05) is 5.32 Å². The molecule has 0 radical (unpaired) electrons. The van der Waals surface area contributed by atoms with Crippen molar-refractivity contribution in [3.63, 3.8) is 0 Å². The van der Waals surface area contributed by atoms with E-state index in [0.29, 0.717) is 10.7 Å². The molecule has 0 unspecified atom stereocenters. The molecule has 0 aliphatic heterocycles. The molecule has 0 atom stereocenters. The summed E-state index contributed by atoms with van der Waals surface area (Å²) >= 11 is 4.87. The summed E-state index contributed by atoms with van der Waals surface area (Å²) in [5.74, 6) is 0. The van der Waals surface area contributed by atoms with Crippen molar-refractivity contribution in [3.05, 3.63) is 24.0 Å². The summed E-state index contributed by atoms with van der Waals surface area (Å²) < 4.78 is 0. The molecule has 1 aliphatic rings. The maximum absolute atomic E-state index is 5.50. The van der Waals surface area contributed by atoms with Crippen molar-refractivity contribution in [1.29, 1.82) is 0 Å². The van der Waals surface area contributed by atoms with Crippen LogP contribution in [-0.2, 0) is 0 Å². The minimum absolute atomic E-state index is 0.229. The summed E-state index contributed by atoms with van der Waals surface area (Å²) in [5, 5.41) is 3.54. The lowest BCUT2D eigenvalue weighted by molar-refractivity contribution is 0.533. The smallest absolute Gasteiger partial charge is 0.122 e. The minimum Gasteiger partial charge on any atom is -0.388 e. The Bertz CT molecular complexity index is 380. The fraction of sp³-hybridized carbons (Fsp3) is 0.500. The van der Waals surface area contributed by atoms with E-state index in [0.717, 1.165) is 5.69 Å². The van der Waals surface area contributed by atoms with E-state index in [9.17, 15) is 0 Å². The van der Waals surface area contributed by atoms with Gasteiger partial charge in [-0.25, -0.2) is 0 Å². The number of nitrogens with one attached hydrogen (secondary N) is 1. The Kier molecular flexibility index (Phi) is 3.10. The molecule has 1 aromatic heterocycles. The van der Waals surface area contributed by atoms with Gasteiger partial charge in [-0.05, 0) is 31.9 Å². The normalized spacial score (nSPS) is 18.3. The van der Waals surface area contributed by atoms with E-state index < -0.39 is 0 Å². The highest BCUT2D eigenvalue weighted by atomic mass is 32.1. The highest BCUT2D eigenvalue weighted by molar-refractivity contribution is 7.80. The van der Waals surface area contributed by atoms with Gasteiger partial charge in [-0.3, -0.25) is 4.98 Å². The Morgan fingerprint density at radius 2 is 2.12 bits per heavy atom. The Morgan fingerprint density at radius 3 is 2.62 bits per heavy atom. The van der Waals surface area contributed by atoms with Crippen LogP contribution < -0.4 is 11.1 Å². The second-order valence-corrected chi connectivity index (χ2v) is 5.13. The zero-order valence-corrected chi connectivity index (χ0v) is 10.3. The quantitative estimate of drug-likeness (QED) is 0.790. The highest BCUT2D eigenvalue weighted by Crippen LogP contribution is 2.32. The van der Waals surface area contributed by atoms with E-state index in [-0.39, 0.29) is 5.54 Å². The summed E-state index contributed by atoms with van der Waals surface area (Å²) in [4.78, 5) is 4.57. The van der Waals surface area contributed by atoms with Gasteiger partial charge in [-0.2, -0.15) is 0 Å². The second kappa shape index (κ2) is 4.37. The van der Waals surface area contributed by atoms with E-state index in [4.69, 9.17) is 18.0 Å². The summed E-state index contributed by atoms with van der Waals surface area (Å²) in [6.07, 6.45) is 6.87. The van der Waals surface area contributed by atoms with Gasteiger partial charge in [0.1, 0.15) is 4.99 Å². The van der Waals surface area contributed by atoms with Crippen LogP contribution in [-0.4, -0.2) is 15.5 Å². The number of pyridine rings is 1. The number of rotatable bonds is 3. The van der Waals surface area contributed by atoms with Crippen LogP contribution >= 0.6 is 12.2 Å². The van der Waals surface area contributed by atoms with E-state index in [1.807, 2.05) is 12.1 Å². The number of hydrogen-bond acceptors (Lipinski definition) is 3. The number of thiocarbonyl (C=S) groups is 1. The summed E-state index contributed by atoms with van der Waals surface area (Å²) in [6.45, 7) is 2.27. The Morgan fingerprint density at radius 1 is 1.44 bits per heavy atom. The molecule has 0 amide bonds. The molecule has 1 fully saturated rings. The molecule has 3 N–H and O–H groups in total. The SMILES string of the molecule is CC1(Nc2ccc(C(N)=S)nc2)CCCC1. The van der Waals surface area contributed by atoms with Crippen LogP contribution in [0, 0.1) is 0 Å². The molecule has 2 rings (SSSR count). The molecule has 1 aliphatic carbocycles. The first-order chi connectivity index (χ1) is 7.59. The van der Waals surface area contributed by atoms with Crippen LogP contribution in [0.2, 0.25) is 0 Å². The first-order valence-electron chi connectivity index (χ1n) is 5.63. The fourth-order valence-electron chi connectivity index (χ4n) is 2.24. The van der Waals surface area contributed by atoms with E-state index in [1.165, 1.54) is 25.7 Å². The zero-order valence-electron chi connectivity index (χ0n) is 9.49. The van der Waals surface area contributed by atoms with Crippen molar-refractivity contribution in [2.24, 2.45) is 5.73 Å². The lowest BCUT2D eigenvalue weighted by atomic mass is 10.0. The summed E-state index contributed by atoms with van der Waals surface area (Å²) in [5.41, 5.74) is 7.45. The van der Waals surface area contributed by atoms with Crippen molar-refractivity contribution >= 4 is 22.9 Å². The van der Waals surface area contributed by atoms with Crippen LogP contribution in [0.3, 0.4) is 0 Å². The average molecular weight is 235 g/mol. The lowest BCUT2D eigenvalue weighted by Gasteiger charge is -2.26. The van der Waals surface area contributed by atoms with Gasteiger partial charge in [-0.15, -0.1) is 0 Å². The van der Waals surface area contributed by atoms with Crippen molar-refractivity contribution < 1.29 is 0 Å². The zero-order chi connectivity index (χ0) is 11.6. The fourth-order valence-corrected chi connectivity index (χ4v) is 2.36. The minimum atomic E-state index is 0.229. The first-order valence-corrected chi connectivity index (χ1v) is 6.04. The lowest BCUT2D eigenvalue weighted by Crippen LogP contribution is -2.30. The highest BCUT2D eigenvalue weighted by Gasteiger charge is 2.28. The molecule has 86 valence electrons. The van der Waals surface area contributed by atoms with E-state index >= 15 is 0 Å². The van der Waals surface area contributed by atoms with Gasteiger partial charge >= 0.3 is 0 Å². The maximum Gasteiger partial charge on any atom is 0.122 e. The molecule has 4 heteroatoms. The third-order valence-electron chi connectivity index (χ3n) is 3.17. The number of hydrogen-bond donors (Lipinski definition) is 2. The topological polar surface area (TPSA) is 50.9 Å². The predicted molar refractivity (Wildman–Crippen MR) is 70.6 cm³/mol. The number of nitrogens with zero attached hydrogens (tertiary/aromatic N) is 1. The largest absolute Gasteiger partial charge is 0.388 e. The van der Waals surface area contributed by atoms with Crippen LogP contribution in [0.4, 0.5) is 5.69 Å². The molecule has 3 nitrogen and oxygen atoms in total. The standard InChI is InChI=1S/C12H17N3S/c1-12(6-2-3-7-12)15-9-4-5-10(11(13)16)14-8-9/h4-5,8,15H,2-3,6-7H2,1H3,(H2,13,16).